The van der Waals surface area contributed by atoms with Crippen LogP contribution < -0.4 is 0 Å². The Morgan fingerprint density at radius 3 is 2.14 bits per heavy atom. The van der Waals surface area contributed by atoms with E-state index in [4.69, 9.17) is 0 Å². The van der Waals surface area contributed by atoms with E-state index in [1.54, 1.807) is 18.2 Å². The number of non-ortho nitro benzene ring substituents is 1. The molecule has 0 amide bonds. The highest BCUT2D eigenvalue weighted by Gasteiger charge is 2.12. The summed E-state index contributed by atoms with van der Waals surface area (Å²) in [6.45, 7) is 7.38. The highest BCUT2D eigenvalue weighted by molar-refractivity contribution is 5.69. The SMILES string of the molecule is C=CCc1cc(-c2cccc([N+](=O)[O-])c2)cc(CC=C)c1O. The van der Waals surface area contributed by atoms with Crippen molar-refractivity contribution in [3.63, 3.8) is 0 Å². The minimum Gasteiger partial charge on any atom is -0.507 e. The van der Waals surface area contributed by atoms with E-state index in [0.29, 0.717) is 12.8 Å². The first-order chi connectivity index (χ1) is 10.6. The molecule has 0 saturated heterocycles. The largest absolute Gasteiger partial charge is 0.507 e. The van der Waals surface area contributed by atoms with Crippen LogP contribution in [0.5, 0.6) is 5.75 Å². The van der Waals surface area contributed by atoms with Crippen molar-refractivity contribution in [3.8, 4) is 16.9 Å². The molecule has 0 aliphatic heterocycles. The van der Waals surface area contributed by atoms with Crippen LogP contribution in [0.25, 0.3) is 11.1 Å². The second kappa shape index (κ2) is 6.72. The van der Waals surface area contributed by atoms with Crippen LogP contribution in [0.3, 0.4) is 0 Å². The number of rotatable bonds is 6. The fourth-order valence-corrected chi connectivity index (χ4v) is 2.35. The molecule has 22 heavy (non-hydrogen) atoms. The van der Waals surface area contributed by atoms with Crippen molar-refractivity contribution in [2.75, 3.05) is 0 Å². The highest BCUT2D eigenvalue weighted by atomic mass is 16.6. The first-order valence-corrected chi connectivity index (χ1v) is 6.88. The predicted octanol–water partition coefficient (Wildman–Crippen LogP) is 4.42. The molecule has 4 heteroatoms. The Morgan fingerprint density at radius 2 is 1.64 bits per heavy atom. The Kier molecular flexibility index (Phi) is 4.73. The van der Waals surface area contributed by atoms with E-state index in [9.17, 15) is 15.2 Å². The van der Waals surface area contributed by atoms with Gasteiger partial charge in [-0.05, 0) is 47.2 Å². The lowest BCUT2D eigenvalue weighted by Crippen LogP contribution is -1.93. The van der Waals surface area contributed by atoms with Gasteiger partial charge in [-0.25, -0.2) is 0 Å². The summed E-state index contributed by atoms with van der Waals surface area (Å²) in [6.07, 6.45) is 4.48. The zero-order valence-electron chi connectivity index (χ0n) is 12.2. The fourth-order valence-electron chi connectivity index (χ4n) is 2.35. The normalized spacial score (nSPS) is 10.2. The summed E-state index contributed by atoms with van der Waals surface area (Å²) < 4.78 is 0. The first kappa shape index (κ1) is 15.5. The number of allylic oxidation sites excluding steroid dienone is 2. The minimum absolute atomic E-state index is 0.0427. The average molecular weight is 295 g/mol. The third-order valence-corrected chi connectivity index (χ3v) is 3.39. The van der Waals surface area contributed by atoms with Crippen molar-refractivity contribution in [3.05, 3.63) is 82.9 Å². The van der Waals surface area contributed by atoms with Gasteiger partial charge < -0.3 is 5.11 Å². The van der Waals surface area contributed by atoms with Crippen molar-refractivity contribution in [2.45, 2.75) is 12.8 Å². The van der Waals surface area contributed by atoms with Gasteiger partial charge >= 0.3 is 0 Å². The number of nitro groups is 1. The molecular weight excluding hydrogens is 278 g/mol. The third kappa shape index (κ3) is 3.23. The Balaban J connectivity index is 2.58. The van der Waals surface area contributed by atoms with Crippen LogP contribution in [-0.2, 0) is 12.8 Å². The van der Waals surface area contributed by atoms with Gasteiger partial charge in [-0.1, -0.05) is 24.3 Å². The van der Waals surface area contributed by atoms with Gasteiger partial charge in [0.1, 0.15) is 5.75 Å². The van der Waals surface area contributed by atoms with Gasteiger partial charge in [0.25, 0.3) is 5.69 Å². The van der Waals surface area contributed by atoms with E-state index in [0.717, 1.165) is 22.3 Å². The van der Waals surface area contributed by atoms with Crippen LogP contribution in [0.1, 0.15) is 11.1 Å². The molecule has 2 aromatic rings. The highest BCUT2D eigenvalue weighted by Crippen LogP contribution is 2.32. The van der Waals surface area contributed by atoms with E-state index < -0.39 is 4.92 Å². The van der Waals surface area contributed by atoms with Crippen molar-refractivity contribution < 1.29 is 10.0 Å². The molecule has 4 nitrogen and oxygen atoms in total. The third-order valence-electron chi connectivity index (χ3n) is 3.39. The van der Waals surface area contributed by atoms with Gasteiger partial charge in [-0.3, -0.25) is 10.1 Å². The Morgan fingerprint density at radius 1 is 1.05 bits per heavy atom. The molecule has 1 N–H and O–H groups in total. The van der Waals surface area contributed by atoms with E-state index in [1.807, 2.05) is 18.2 Å². The number of nitro benzene ring substituents is 1. The lowest BCUT2D eigenvalue weighted by atomic mass is 9.95. The van der Waals surface area contributed by atoms with E-state index in [1.165, 1.54) is 12.1 Å². The zero-order chi connectivity index (χ0) is 16.1. The lowest BCUT2D eigenvalue weighted by molar-refractivity contribution is -0.384. The Labute approximate surface area is 129 Å². The van der Waals surface area contributed by atoms with E-state index in [-0.39, 0.29) is 11.4 Å². The Bertz CT molecular complexity index is 704. The molecule has 0 unspecified atom stereocenters. The maximum absolute atomic E-state index is 10.9. The average Bonchev–Trinajstić information content (AvgIpc) is 2.51. The molecule has 0 aromatic heterocycles. The topological polar surface area (TPSA) is 63.4 Å². The van der Waals surface area contributed by atoms with Gasteiger partial charge in [0, 0.05) is 12.1 Å². The summed E-state index contributed by atoms with van der Waals surface area (Å²) in [7, 11) is 0. The monoisotopic (exact) mass is 295 g/mol. The molecular formula is C18H17NO3. The van der Waals surface area contributed by atoms with Crippen LogP contribution in [0.4, 0.5) is 5.69 Å². The van der Waals surface area contributed by atoms with Crippen molar-refractivity contribution in [1.82, 2.24) is 0 Å². The van der Waals surface area contributed by atoms with Crippen molar-refractivity contribution in [1.29, 1.82) is 0 Å². The molecule has 0 heterocycles. The number of aromatic hydroxyl groups is 1. The van der Waals surface area contributed by atoms with Crippen molar-refractivity contribution >= 4 is 5.69 Å². The van der Waals surface area contributed by atoms with Crippen LogP contribution in [0, 0.1) is 10.1 Å². The zero-order valence-corrected chi connectivity index (χ0v) is 12.2. The molecule has 0 spiro atoms. The maximum atomic E-state index is 10.9. The fraction of sp³-hybridized carbons (Fsp3) is 0.111. The second-order valence-electron chi connectivity index (χ2n) is 4.94. The number of nitrogens with zero attached hydrogens (tertiary/aromatic N) is 1. The maximum Gasteiger partial charge on any atom is 0.270 e. The number of phenols is 1. The minimum atomic E-state index is -0.417. The smallest absolute Gasteiger partial charge is 0.270 e. The number of hydrogen-bond acceptors (Lipinski definition) is 3. The van der Waals surface area contributed by atoms with Gasteiger partial charge in [-0.15, -0.1) is 13.2 Å². The van der Waals surface area contributed by atoms with E-state index >= 15 is 0 Å². The summed E-state index contributed by atoms with van der Waals surface area (Å²) in [5.74, 6) is 0.231. The van der Waals surface area contributed by atoms with Gasteiger partial charge in [0.05, 0.1) is 4.92 Å². The van der Waals surface area contributed by atoms with Crippen LogP contribution in [-0.4, -0.2) is 10.0 Å². The lowest BCUT2D eigenvalue weighted by Gasteiger charge is -2.11. The quantitative estimate of drug-likeness (QED) is 0.487. The second-order valence-corrected chi connectivity index (χ2v) is 4.94. The number of phenolic OH excluding ortho intramolecular Hbond substituents is 1. The van der Waals surface area contributed by atoms with Gasteiger partial charge in [0.2, 0.25) is 0 Å². The number of benzene rings is 2. The van der Waals surface area contributed by atoms with Gasteiger partial charge in [-0.2, -0.15) is 0 Å². The molecule has 0 radical (unpaired) electrons. The molecule has 0 bridgehead atoms. The molecule has 0 atom stereocenters. The molecule has 112 valence electrons. The van der Waals surface area contributed by atoms with Crippen LogP contribution >= 0.6 is 0 Å². The molecule has 0 fully saturated rings. The summed E-state index contributed by atoms with van der Waals surface area (Å²) in [6, 6.07) is 10.1. The summed E-state index contributed by atoms with van der Waals surface area (Å²) in [4.78, 5) is 10.5. The summed E-state index contributed by atoms with van der Waals surface area (Å²) >= 11 is 0. The Hall–Kier alpha value is -2.88. The molecule has 0 saturated carbocycles. The molecule has 0 aliphatic rings. The first-order valence-electron chi connectivity index (χ1n) is 6.88. The molecule has 0 aliphatic carbocycles. The van der Waals surface area contributed by atoms with E-state index in [2.05, 4.69) is 13.2 Å². The van der Waals surface area contributed by atoms with Gasteiger partial charge in [0.15, 0.2) is 0 Å². The van der Waals surface area contributed by atoms with Crippen molar-refractivity contribution in [2.24, 2.45) is 0 Å². The standard InChI is InChI=1S/C18H17NO3/c1-3-6-14-10-16(11-15(7-4-2)18(14)20)13-8-5-9-17(12-13)19(21)22/h3-5,8-12,20H,1-2,6-7H2. The van der Waals surface area contributed by atoms with Crippen LogP contribution in [0.2, 0.25) is 0 Å². The summed E-state index contributed by atoms with van der Waals surface area (Å²) in [5, 5.41) is 21.2. The number of hydrogen-bond donors (Lipinski definition) is 1. The van der Waals surface area contributed by atoms with Crippen LogP contribution in [0.15, 0.2) is 61.7 Å². The molecule has 2 aromatic carbocycles. The predicted molar refractivity (Wildman–Crippen MR) is 88.0 cm³/mol. The molecule has 2 rings (SSSR count). The summed E-state index contributed by atoms with van der Waals surface area (Å²) in [5.41, 5.74) is 3.10.